The third-order valence-corrected chi connectivity index (χ3v) is 4.19. The molecule has 0 fully saturated rings. The lowest BCUT2D eigenvalue weighted by atomic mass is 10.2. The summed E-state index contributed by atoms with van der Waals surface area (Å²) < 4.78 is 0. The van der Waals surface area contributed by atoms with Crippen molar-refractivity contribution in [3.8, 4) is 0 Å². The zero-order valence-corrected chi connectivity index (χ0v) is 14.8. The van der Waals surface area contributed by atoms with Gasteiger partial charge in [0.1, 0.15) is 11.5 Å². The molecule has 5 nitrogen and oxygen atoms in total. The molecule has 0 aliphatic heterocycles. The molecule has 0 saturated heterocycles. The van der Waals surface area contributed by atoms with Crippen molar-refractivity contribution in [2.24, 2.45) is 0 Å². The number of carbonyl (C=O) groups excluding carboxylic acids is 1. The number of carbonyl (C=O) groups is 1. The zero-order valence-electron chi connectivity index (χ0n) is 13.3. The largest absolute Gasteiger partial charge is 0.339 e. The summed E-state index contributed by atoms with van der Waals surface area (Å²) in [6.07, 6.45) is 2.87. The second-order valence-electron chi connectivity index (χ2n) is 5.31. The lowest BCUT2D eigenvalue weighted by Crippen LogP contribution is -2.14. The van der Waals surface area contributed by atoms with Crippen LogP contribution in [0.5, 0.6) is 0 Å². The van der Waals surface area contributed by atoms with Crippen LogP contribution in [0.3, 0.4) is 0 Å². The first-order chi connectivity index (χ1) is 12.0. The molecule has 1 aromatic heterocycles. The standard InChI is InChI=1S/C18H14Cl2N4O/c1-11-6-7-12(8-14(11)20)23-17-10-21-16(9-22-17)18(25)24-15-5-3-2-4-13(15)19/h2-10H,1H3,(H,22,23)(H,24,25). The molecule has 25 heavy (non-hydrogen) atoms. The number of hydrogen-bond acceptors (Lipinski definition) is 4. The molecule has 0 atom stereocenters. The van der Waals surface area contributed by atoms with E-state index in [2.05, 4.69) is 20.6 Å². The minimum atomic E-state index is -0.384. The molecule has 1 amide bonds. The summed E-state index contributed by atoms with van der Waals surface area (Å²) in [7, 11) is 0. The number of benzene rings is 2. The highest BCUT2D eigenvalue weighted by atomic mass is 35.5. The van der Waals surface area contributed by atoms with Crippen molar-refractivity contribution < 1.29 is 4.79 Å². The van der Waals surface area contributed by atoms with Crippen LogP contribution in [0.4, 0.5) is 17.2 Å². The van der Waals surface area contributed by atoms with Gasteiger partial charge in [-0.2, -0.15) is 0 Å². The first-order valence-corrected chi connectivity index (χ1v) is 8.19. The van der Waals surface area contributed by atoms with E-state index < -0.39 is 0 Å². The molecule has 1 heterocycles. The SMILES string of the molecule is Cc1ccc(Nc2cnc(C(=O)Nc3ccccc3Cl)cn2)cc1Cl. The third kappa shape index (κ3) is 4.26. The molecule has 126 valence electrons. The topological polar surface area (TPSA) is 66.9 Å². The molecule has 0 bridgehead atoms. The van der Waals surface area contributed by atoms with Crippen molar-refractivity contribution >= 4 is 46.3 Å². The van der Waals surface area contributed by atoms with Gasteiger partial charge < -0.3 is 10.6 Å². The van der Waals surface area contributed by atoms with Gasteiger partial charge in [-0.05, 0) is 36.8 Å². The highest BCUT2D eigenvalue weighted by Gasteiger charge is 2.10. The van der Waals surface area contributed by atoms with E-state index >= 15 is 0 Å². The van der Waals surface area contributed by atoms with Crippen molar-refractivity contribution in [3.63, 3.8) is 0 Å². The average Bonchev–Trinajstić information content (AvgIpc) is 2.61. The zero-order chi connectivity index (χ0) is 17.8. The molecule has 0 saturated carbocycles. The van der Waals surface area contributed by atoms with Crippen LogP contribution in [-0.2, 0) is 0 Å². The molecule has 7 heteroatoms. The van der Waals surface area contributed by atoms with E-state index in [1.165, 1.54) is 12.4 Å². The molecular weight excluding hydrogens is 359 g/mol. The van der Waals surface area contributed by atoms with Gasteiger partial charge in [-0.15, -0.1) is 0 Å². The predicted octanol–water partition coefficient (Wildman–Crippen LogP) is 5.09. The Hall–Kier alpha value is -2.63. The van der Waals surface area contributed by atoms with E-state index in [9.17, 15) is 4.79 Å². The monoisotopic (exact) mass is 372 g/mol. The quantitative estimate of drug-likeness (QED) is 0.669. The van der Waals surface area contributed by atoms with Crippen LogP contribution >= 0.6 is 23.2 Å². The van der Waals surface area contributed by atoms with Crippen LogP contribution in [-0.4, -0.2) is 15.9 Å². The lowest BCUT2D eigenvalue weighted by Gasteiger charge is -2.08. The average molecular weight is 373 g/mol. The number of anilines is 3. The molecule has 3 rings (SSSR count). The Morgan fingerprint density at radius 2 is 1.80 bits per heavy atom. The summed E-state index contributed by atoms with van der Waals surface area (Å²) in [4.78, 5) is 20.5. The van der Waals surface area contributed by atoms with Crippen molar-refractivity contribution in [1.29, 1.82) is 0 Å². The molecule has 2 aromatic carbocycles. The van der Waals surface area contributed by atoms with E-state index in [0.717, 1.165) is 11.3 Å². The Kier molecular flexibility index (Phi) is 5.16. The summed E-state index contributed by atoms with van der Waals surface area (Å²) >= 11 is 12.1. The van der Waals surface area contributed by atoms with E-state index in [1.54, 1.807) is 30.3 Å². The molecule has 0 aliphatic rings. The number of amides is 1. The number of aryl methyl sites for hydroxylation is 1. The lowest BCUT2D eigenvalue weighted by molar-refractivity contribution is 0.102. The molecule has 0 spiro atoms. The Balaban J connectivity index is 1.70. The number of aromatic nitrogens is 2. The van der Waals surface area contributed by atoms with Gasteiger partial charge in [-0.1, -0.05) is 41.4 Å². The van der Waals surface area contributed by atoms with Gasteiger partial charge >= 0.3 is 0 Å². The van der Waals surface area contributed by atoms with Crippen LogP contribution in [0.25, 0.3) is 0 Å². The Bertz CT molecular complexity index is 913. The molecule has 2 N–H and O–H groups in total. The van der Waals surface area contributed by atoms with Crippen LogP contribution in [0.2, 0.25) is 10.0 Å². The van der Waals surface area contributed by atoms with Crippen molar-refractivity contribution in [2.45, 2.75) is 6.92 Å². The second-order valence-corrected chi connectivity index (χ2v) is 6.12. The summed E-state index contributed by atoms with van der Waals surface area (Å²) in [6, 6.07) is 12.6. The normalized spacial score (nSPS) is 10.4. The van der Waals surface area contributed by atoms with Crippen LogP contribution in [0.15, 0.2) is 54.9 Å². The number of halogens is 2. The number of nitrogens with zero attached hydrogens (tertiary/aromatic N) is 2. The Labute approximate surface area is 155 Å². The van der Waals surface area contributed by atoms with E-state index in [1.807, 2.05) is 19.1 Å². The molecule has 3 aromatic rings. The van der Waals surface area contributed by atoms with Crippen LogP contribution in [0.1, 0.15) is 16.1 Å². The van der Waals surface area contributed by atoms with Gasteiger partial charge in [0.2, 0.25) is 0 Å². The fourth-order valence-electron chi connectivity index (χ4n) is 2.08. The minimum Gasteiger partial charge on any atom is -0.339 e. The van der Waals surface area contributed by atoms with Gasteiger partial charge in [-0.25, -0.2) is 9.97 Å². The summed E-state index contributed by atoms with van der Waals surface area (Å²) in [5.41, 5.74) is 2.49. The van der Waals surface area contributed by atoms with Crippen LogP contribution < -0.4 is 10.6 Å². The number of para-hydroxylation sites is 1. The smallest absolute Gasteiger partial charge is 0.275 e. The Morgan fingerprint density at radius 3 is 2.48 bits per heavy atom. The number of rotatable bonds is 4. The second kappa shape index (κ2) is 7.51. The molecule has 0 unspecified atom stereocenters. The summed E-state index contributed by atoms with van der Waals surface area (Å²) in [5.74, 6) is 0.125. The first kappa shape index (κ1) is 17.2. The summed E-state index contributed by atoms with van der Waals surface area (Å²) in [5, 5.41) is 6.90. The van der Waals surface area contributed by atoms with Gasteiger partial charge in [0.05, 0.1) is 23.1 Å². The predicted molar refractivity (Wildman–Crippen MR) is 101 cm³/mol. The first-order valence-electron chi connectivity index (χ1n) is 7.44. The maximum absolute atomic E-state index is 12.2. The number of nitrogens with one attached hydrogen (secondary N) is 2. The van der Waals surface area contributed by atoms with Gasteiger partial charge in [0.15, 0.2) is 0 Å². The third-order valence-electron chi connectivity index (χ3n) is 3.45. The van der Waals surface area contributed by atoms with Crippen molar-refractivity contribution in [3.05, 3.63) is 76.2 Å². The maximum Gasteiger partial charge on any atom is 0.275 e. The molecule has 0 aliphatic carbocycles. The Morgan fingerprint density at radius 1 is 1.00 bits per heavy atom. The van der Waals surface area contributed by atoms with Gasteiger partial charge in [-0.3, -0.25) is 4.79 Å². The van der Waals surface area contributed by atoms with Crippen molar-refractivity contribution in [1.82, 2.24) is 9.97 Å². The fourth-order valence-corrected chi connectivity index (χ4v) is 2.44. The molecular formula is C18H14Cl2N4O. The summed E-state index contributed by atoms with van der Waals surface area (Å²) in [6.45, 7) is 1.93. The van der Waals surface area contributed by atoms with Gasteiger partial charge in [0, 0.05) is 10.7 Å². The highest BCUT2D eigenvalue weighted by Crippen LogP contribution is 2.23. The van der Waals surface area contributed by atoms with E-state index in [0.29, 0.717) is 21.6 Å². The maximum atomic E-state index is 12.2. The fraction of sp³-hybridized carbons (Fsp3) is 0.0556. The van der Waals surface area contributed by atoms with E-state index in [4.69, 9.17) is 23.2 Å². The minimum absolute atomic E-state index is 0.187. The van der Waals surface area contributed by atoms with Crippen molar-refractivity contribution in [2.75, 3.05) is 10.6 Å². The van der Waals surface area contributed by atoms with Crippen LogP contribution in [0, 0.1) is 6.92 Å². The van der Waals surface area contributed by atoms with E-state index in [-0.39, 0.29) is 11.6 Å². The van der Waals surface area contributed by atoms with Gasteiger partial charge in [0.25, 0.3) is 5.91 Å². The highest BCUT2D eigenvalue weighted by molar-refractivity contribution is 6.33. The number of hydrogen-bond donors (Lipinski definition) is 2. The molecule has 0 radical (unpaired) electrons.